The highest BCUT2D eigenvalue weighted by molar-refractivity contribution is 5.90. The van der Waals surface area contributed by atoms with Gasteiger partial charge >= 0.3 is 6.03 Å². The Labute approximate surface area is 184 Å². The number of aromatic nitrogens is 1. The number of piperidine rings is 1. The van der Waals surface area contributed by atoms with Gasteiger partial charge in [0.15, 0.2) is 0 Å². The van der Waals surface area contributed by atoms with Crippen LogP contribution in [0.1, 0.15) is 37.3 Å². The summed E-state index contributed by atoms with van der Waals surface area (Å²) in [5.41, 5.74) is 5.37. The van der Waals surface area contributed by atoms with Gasteiger partial charge in [-0.05, 0) is 63.1 Å². The summed E-state index contributed by atoms with van der Waals surface area (Å²) in [5.74, 6) is 0.434. The van der Waals surface area contributed by atoms with Crippen molar-refractivity contribution in [3.05, 3.63) is 65.9 Å². The summed E-state index contributed by atoms with van der Waals surface area (Å²) in [7, 11) is 2.21. The predicted molar refractivity (Wildman–Crippen MR) is 126 cm³/mol. The lowest BCUT2D eigenvalue weighted by Gasteiger charge is -2.45. The molecule has 0 radical (unpaired) electrons. The average molecular weight is 417 g/mol. The first-order valence-corrected chi connectivity index (χ1v) is 11.5. The largest absolute Gasteiger partial charge is 0.334 e. The highest BCUT2D eigenvalue weighted by atomic mass is 16.2. The molecule has 1 aliphatic carbocycles. The fraction of sp³-hybridized carbons (Fsp3) is 0.423. The molecule has 5 heteroatoms. The molecule has 2 amide bonds. The molecule has 162 valence electrons. The van der Waals surface area contributed by atoms with Gasteiger partial charge in [0.2, 0.25) is 0 Å². The number of benzene rings is 2. The maximum absolute atomic E-state index is 12.7. The topological polar surface area (TPSA) is 40.5 Å². The fourth-order valence-corrected chi connectivity index (χ4v) is 5.73. The molecule has 0 saturated carbocycles. The van der Waals surface area contributed by atoms with Gasteiger partial charge in [0, 0.05) is 54.9 Å². The van der Waals surface area contributed by atoms with Crippen molar-refractivity contribution in [2.45, 2.75) is 44.7 Å². The van der Waals surface area contributed by atoms with Crippen LogP contribution in [0.5, 0.6) is 0 Å². The number of carbonyl (C=O) groups excluding carboxylic acids is 1. The fourth-order valence-electron chi connectivity index (χ4n) is 5.73. The van der Waals surface area contributed by atoms with Crippen molar-refractivity contribution in [3.8, 4) is 5.69 Å². The second-order valence-corrected chi connectivity index (χ2v) is 8.97. The van der Waals surface area contributed by atoms with Gasteiger partial charge in [-0.15, -0.1) is 0 Å². The van der Waals surface area contributed by atoms with Crippen molar-refractivity contribution in [3.63, 3.8) is 0 Å². The molecule has 2 aromatic carbocycles. The van der Waals surface area contributed by atoms with Crippen LogP contribution in [0, 0.1) is 0 Å². The molecule has 2 heterocycles. The van der Waals surface area contributed by atoms with Gasteiger partial charge in [0.05, 0.1) is 5.52 Å². The highest BCUT2D eigenvalue weighted by Gasteiger charge is 2.40. The second kappa shape index (κ2) is 8.04. The number of nitrogens with zero attached hydrogens (tertiary/aromatic N) is 3. The maximum atomic E-state index is 12.7. The van der Waals surface area contributed by atoms with Crippen LogP contribution in [0.2, 0.25) is 0 Å². The average Bonchev–Trinajstić information content (AvgIpc) is 3.16. The van der Waals surface area contributed by atoms with Crippen molar-refractivity contribution in [2.24, 2.45) is 0 Å². The van der Waals surface area contributed by atoms with Gasteiger partial charge in [-0.1, -0.05) is 30.3 Å². The third-order valence-electron chi connectivity index (χ3n) is 7.26. The Bertz CT molecular complexity index is 1090. The number of rotatable bonds is 4. The van der Waals surface area contributed by atoms with Crippen LogP contribution >= 0.6 is 0 Å². The third-order valence-corrected chi connectivity index (χ3v) is 7.26. The van der Waals surface area contributed by atoms with E-state index in [0.29, 0.717) is 12.0 Å². The highest BCUT2D eigenvalue weighted by Crippen LogP contribution is 2.44. The molecule has 0 unspecified atom stereocenters. The minimum absolute atomic E-state index is 0.0618. The Balaban J connectivity index is 1.50. The van der Waals surface area contributed by atoms with Crippen molar-refractivity contribution in [2.75, 3.05) is 26.7 Å². The zero-order valence-electron chi connectivity index (χ0n) is 18.7. The molecular weight excluding hydrogens is 384 g/mol. The summed E-state index contributed by atoms with van der Waals surface area (Å²) in [6.45, 7) is 6.46. The molecule has 1 saturated heterocycles. The minimum Gasteiger partial charge on any atom is -0.334 e. The van der Waals surface area contributed by atoms with E-state index in [-0.39, 0.29) is 12.1 Å². The summed E-state index contributed by atoms with van der Waals surface area (Å²) >= 11 is 0. The lowest BCUT2D eigenvalue weighted by molar-refractivity contribution is 0.124. The van der Waals surface area contributed by atoms with E-state index in [1.165, 1.54) is 27.7 Å². The molecule has 3 atom stereocenters. The quantitative estimate of drug-likeness (QED) is 0.685. The Morgan fingerprint density at radius 2 is 1.87 bits per heavy atom. The molecule has 1 aliphatic heterocycles. The van der Waals surface area contributed by atoms with E-state index >= 15 is 0 Å². The molecule has 1 aromatic heterocycles. The number of hydrogen-bond acceptors (Lipinski definition) is 2. The van der Waals surface area contributed by atoms with Crippen LogP contribution in [-0.2, 0) is 6.42 Å². The molecular formula is C26H32N4O. The Morgan fingerprint density at radius 3 is 2.61 bits per heavy atom. The number of urea groups is 1. The molecule has 31 heavy (non-hydrogen) atoms. The number of likely N-dealkylation sites (N-methyl/N-ethyl adjacent to an activating group) is 1. The van der Waals surface area contributed by atoms with E-state index in [4.69, 9.17) is 0 Å². The Kier molecular flexibility index (Phi) is 5.22. The van der Waals surface area contributed by atoms with E-state index < -0.39 is 0 Å². The van der Waals surface area contributed by atoms with Crippen LogP contribution in [0.3, 0.4) is 0 Å². The molecule has 1 N–H and O–H groups in total. The minimum atomic E-state index is 0.0618. The molecule has 3 aromatic rings. The Morgan fingerprint density at radius 1 is 1.10 bits per heavy atom. The van der Waals surface area contributed by atoms with Crippen molar-refractivity contribution in [1.82, 2.24) is 19.7 Å². The van der Waals surface area contributed by atoms with Crippen LogP contribution in [0.4, 0.5) is 4.79 Å². The van der Waals surface area contributed by atoms with Gasteiger partial charge < -0.3 is 19.7 Å². The van der Waals surface area contributed by atoms with Crippen molar-refractivity contribution < 1.29 is 4.79 Å². The molecule has 2 aliphatic rings. The number of fused-ring (bicyclic) bond motifs is 2. The number of likely N-dealkylation sites (tertiary alicyclic amines) is 1. The monoisotopic (exact) mass is 416 g/mol. The molecule has 0 spiro atoms. The molecule has 0 bridgehead atoms. The van der Waals surface area contributed by atoms with Crippen LogP contribution in [0.25, 0.3) is 16.6 Å². The summed E-state index contributed by atoms with van der Waals surface area (Å²) in [5, 5.41) is 4.73. The van der Waals surface area contributed by atoms with Crippen LogP contribution in [-0.4, -0.2) is 59.2 Å². The van der Waals surface area contributed by atoms with Gasteiger partial charge in [-0.3, -0.25) is 0 Å². The van der Waals surface area contributed by atoms with E-state index in [0.717, 1.165) is 32.5 Å². The Hall–Kier alpha value is -2.79. The zero-order valence-corrected chi connectivity index (χ0v) is 18.7. The summed E-state index contributed by atoms with van der Waals surface area (Å²) in [6, 6.07) is 18.1. The van der Waals surface area contributed by atoms with Gasteiger partial charge in [-0.2, -0.15) is 0 Å². The van der Waals surface area contributed by atoms with Crippen LogP contribution in [0.15, 0.2) is 54.7 Å². The number of hydrogen-bond donors (Lipinski definition) is 1. The summed E-state index contributed by atoms with van der Waals surface area (Å²) < 4.78 is 2.34. The second-order valence-electron chi connectivity index (χ2n) is 8.97. The standard InChI is InChI=1S/C26H32N4O/c1-4-29(5-2)26(31)27-19-15-22-21-12-9-13-23-25(21)18(14-24(22)28(3)17-19)16-30(23)20-10-7-6-8-11-20/h6-13,16,19,22,24H,4-5,14-15,17H2,1-3H3,(H,27,31)/t19-,22+,24+/m0/s1. The lowest BCUT2D eigenvalue weighted by atomic mass is 9.74. The van der Waals surface area contributed by atoms with Gasteiger partial charge in [0.25, 0.3) is 0 Å². The number of carbonyl (C=O) groups is 1. The lowest BCUT2D eigenvalue weighted by Crippen LogP contribution is -2.56. The first kappa shape index (κ1) is 20.1. The van der Waals surface area contributed by atoms with Crippen LogP contribution < -0.4 is 5.32 Å². The van der Waals surface area contributed by atoms with E-state index in [2.05, 4.69) is 76.6 Å². The SMILES string of the molecule is CCN(CC)C(=O)N[C@H]1C[C@@H]2c3cccc4c3c(cn4-c3ccccc3)C[C@H]2N(C)C1. The molecule has 5 nitrogen and oxygen atoms in total. The van der Waals surface area contributed by atoms with E-state index in [1.807, 2.05) is 18.7 Å². The predicted octanol–water partition coefficient (Wildman–Crippen LogP) is 4.39. The maximum Gasteiger partial charge on any atom is 0.317 e. The number of nitrogens with one attached hydrogen (secondary N) is 1. The van der Waals surface area contributed by atoms with E-state index in [9.17, 15) is 4.79 Å². The smallest absolute Gasteiger partial charge is 0.317 e. The van der Waals surface area contributed by atoms with Crippen molar-refractivity contribution >= 4 is 16.9 Å². The van der Waals surface area contributed by atoms with Gasteiger partial charge in [-0.25, -0.2) is 4.79 Å². The summed E-state index contributed by atoms with van der Waals surface area (Å²) in [4.78, 5) is 17.0. The molecule has 1 fully saturated rings. The third kappa shape index (κ3) is 3.41. The zero-order chi connectivity index (χ0) is 21.5. The number of amides is 2. The first-order valence-electron chi connectivity index (χ1n) is 11.5. The normalized spacial score (nSPS) is 22.9. The van der Waals surface area contributed by atoms with Crippen molar-refractivity contribution in [1.29, 1.82) is 0 Å². The first-order chi connectivity index (χ1) is 15.1. The van der Waals surface area contributed by atoms with E-state index in [1.54, 1.807) is 0 Å². The summed E-state index contributed by atoms with van der Waals surface area (Å²) in [6.07, 6.45) is 4.39. The van der Waals surface area contributed by atoms with Gasteiger partial charge in [0.1, 0.15) is 0 Å². The number of para-hydroxylation sites is 1. The molecule has 5 rings (SSSR count).